The van der Waals surface area contributed by atoms with E-state index in [9.17, 15) is 0 Å². The molecule has 0 aliphatic heterocycles. The summed E-state index contributed by atoms with van der Waals surface area (Å²) in [5, 5.41) is 2.74. The monoisotopic (exact) mass is 292 g/mol. The predicted molar refractivity (Wildman–Crippen MR) is 74.5 cm³/mol. The summed E-state index contributed by atoms with van der Waals surface area (Å²) in [5.74, 6) is 0. The molecule has 14 heavy (non-hydrogen) atoms. The zero-order valence-electron chi connectivity index (χ0n) is 10.6. The van der Waals surface area contributed by atoms with Crippen LogP contribution in [0.15, 0.2) is 0 Å². The van der Waals surface area contributed by atoms with Gasteiger partial charge in [-0.15, -0.1) is 21.5 Å². The maximum atomic E-state index is 6.06. The van der Waals surface area contributed by atoms with Crippen LogP contribution in [0.2, 0.25) is 27.7 Å². The minimum Gasteiger partial charge on any atom is -0.417 e. The SMILES string of the molecule is Br.[CH3][Mg][CH2]CCO[Si](C)(C)C(C)(C)C. The first kappa shape index (κ1) is 17.8. The van der Waals surface area contributed by atoms with Crippen LogP contribution in [0.3, 0.4) is 0 Å². The fourth-order valence-corrected chi connectivity index (χ4v) is 2.69. The zero-order chi connectivity index (χ0) is 10.5. The van der Waals surface area contributed by atoms with Crippen molar-refractivity contribution in [3.63, 3.8) is 0 Å². The van der Waals surface area contributed by atoms with Crippen LogP contribution in [0.1, 0.15) is 27.2 Å². The lowest BCUT2D eigenvalue weighted by Crippen LogP contribution is -2.40. The molecule has 1 nitrogen and oxygen atoms in total. The molecule has 0 heterocycles. The van der Waals surface area contributed by atoms with Gasteiger partial charge in [0.05, 0.1) is 0 Å². The number of rotatable bonds is 5. The molecule has 0 aromatic rings. The van der Waals surface area contributed by atoms with Crippen molar-refractivity contribution in [1.29, 1.82) is 0 Å². The summed E-state index contributed by atoms with van der Waals surface area (Å²) in [6.45, 7) is 12.6. The Labute approximate surface area is 111 Å². The lowest BCUT2D eigenvalue weighted by atomic mass is 10.2. The van der Waals surface area contributed by atoms with E-state index in [4.69, 9.17) is 4.43 Å². The zero-order valence-corrected chi connectivity index (χ0v) is 14.8. The Bertz CT molecular complexity index is 146. The molecule has 0 saturated carbocycles. The van der Waals surface area contributed by atoms with Crippen LogP contribution in [0.4, 0.5) is 0 Å². The number of hydrogen-bond acceptors (Lipinski definition) is 1. The Kier molecular flexibility index (Phi) is 9.74. The van der Waals surface area contributed by atoms with Gasteiger partial charge in [-0.3, -0.25) is 0 Å². The van der Waals surface area contributed by atoms with Crippen LogP contribution in [-0.4, -0.2) is 35.3 Å². The normalized spacial score (nSPS) is 11.9. The third kappa shape index (κ3) is 6.82. The second kappa shape index (κ2) is 7.66. The highest BCUT2D eigenvalue weighted by molar-refractivity contribution is 8.93. The van der Waals surface area contributed by atoms with Crippen LogP contribution in [0.25, 0.3) is 0 Å². The number of halogens is 1. The Morgan fingerprint density at radius 2 is 1.71 bits per heavy atom. The Morgan fingerprint density at radius 3 is 2.07 bits per heavy atom. The van der Waals surface area contributed by atoms with Gasteiger partial charge in [0.2, 0.25) is 0 Å². The first-order valence-corrected chi connectivity index (χ1v) is 10.8. The van der Waals surface area contributed by atoms with Gasteiger partial charge in [-0.25, -0.2) is 0 Å². The summed E-state index contributed by atoms with van der Waals surface area (Å²) in [6.07, 6.45) is 1.29. The molecule has 0 amide bonds. The summed E-state index contributed by atoms with van der Waals surface area (Å²) in [5.41, 5.74) is 0. The smallest absolute Gasteiger partial charge is 0.360 e. The average molecular weight is 294 g/mol. The van der Waals surface area contributed by atoms with Crippen LogP contribution in [-0.2, 0) is 4.43 Å². The maximum absolute atomic E-state index is 6.06. The highest BCUT2D eigenvalue weighted by Crippen LogP contribution is 2.36. The minimum atomic E-state index is -1.44. The molecule has 84 valence electrons. The Balaban J connectivity index is 0. The molecule has 0 fully saturated rings. The van der Waals surface area contributed by atoms with Crippen molar-refractivity contribution in [3.05, 3.63) is 0 Å². The van der Waals surface area contributed by atoms with Crippen molar-refractivity contribution in [2.45, 2.75) is 54.9 Å². The molecule has 0 aromatic heterocycles. The van der Waals surface area contributed by atoms with Gasteiger partial charge in [-0.1, -0.05) is 27.2 Å². The molecule has 0 atom stereocenters. The standard InChI is InChI=1S/C9H21OSi.CH3.BrH.Mg/c1-7-8-10-11(5,6)9(2,3)4;;;/h1,7-8H2,2-6H3;1H3;1H;. The van der Waals surface area contributed by atoms with E-state index in [0.717, 1.165) is 6.61 Å². The molecule has 0 spiro atoms. The molecule has 0 bridgehead atoms. The first-order valence-electron chi connectivity index (χ1n) is 5.45. The molecule has 0 aliphatic carbocycles. The minimum absolute atomic E-state index is 0. The first-order chi connectivity index (χ1) is 5.81. The quantitative estimate of drug-likeness (QED) is 0.546. The Morgan fingerprint density at radius 1 is 1.21 bits per heavy atom. The molecule has 0 saturated heterocycles. The van der Waals surface area contributed by atoms with E-state index in [1.165, 1.54) is 11.0 Å². The molecular weight excluding hydrogens is 268 g/mol. The summed E-state index contributed by atoms with van der Waals surface area (Å²) in [4.78, 5) is 0. The van der Waals surface area contributed by atoms with Gasteiger partial charge in [0.25, 0.3) is 0 Å². The largest absolute Gasteiger partial charge is 0.417 e. The summed E-state index contributed by atoms with van der Waals surface area (Å²) < 4.78 is 7.50. The second-order valence-electron chi connectivity index (χ2n) is 5.32. The lowest BCUT2D eigenvalue weighted by molar-refractivity contribution is 0.288. The highest BCUT2D eigenvalue weighted by Gasteiger charge is 2.36. The summed E-state index contributed by atoms with van der Waals surface area (Å²) >= 11 is 0.251. The summed E-state index contributed by atoms with van der Waals surface area (Å²) in [6, 6.07) is 0. The molecule has 0 aliphatic rings. The van der Waals surface area contributed by atoms with E-state index in [1.807, 2.05) is 0 Å². The fraction of sp³-hybridized carbons (Fsp3) is 1.00. The maximum Gasteiger partial charge on any atom is 0.360 e. The lowest BCUT2D eigenvalue weighted by Gasteiger charge is -2.36. The molecule has 0 radical (unpaired) electrons. The van der Waals surface area contributed by atoms with Crippen molar-refractivity contribution < 1.29 is 4.43 Å². The van der Waals surface area contributed by atoms with Gasteiger partial charge in [-0.2, -0.15) is 5.05 Å². The van der Waals surface area contributed by atoms with Crippen molar-refractivity contribution in [3.8, 4) is 0 Å². The third-order valence-corrected chi connectivity index (χ3v) is 8.76. The average Bonchev–Trinajstić information content (AvgIpc) is 1.96. The van der Waals surface area contributed by atoms with Gasteiger partial charge in [0.1, 0.15) is 0 Å². The van der Waals surface area contributed by atoms with E-state index in [1.54, 1.807) is 0 Å². The van der Waals surface area contributed by atoms with Crippen LogP contribution >= 0.6 is 17.0 Å². The molecule has 4 heteroatoms. The highest BCUT2D eigenvalue weighted by atomic mass is 79.9. The van der Waals surface area contributed by atoms with Crippen molar-refractivity contribution in [2.75, 3.05) is 6.61 Å². The summed E-state index contributed by atoms with van der Waals surface area (Å²) in [7, 11) is -1.44. The van der Waals surface area contributed by atoms with E-state index in [-0.39, 0.29) is 37.3 Å². The van der Waals surface area contributed by atoms with E-state index >= 15 is 0 Å². The van der Waals surface area contributed by atoms with Crippen molar-refractivity contribution >= 4 is 45.7 Å². The van der Waals surface area contributed by atoms with Crippen LogP contribution in [0, 0.1) is 0 Å². The molecule has 0 N–H and O–H groups in total. The Hall–Kier alpha value is 1.42. The third-order valence-electron chi connectivity index (χ3n) is 3.02. The van der Waals surface area contributed by atoms with Crippen molar-refractivity contribution in [2.24, 2.45) is 0 Å². The van der Waals surface area contributed by atoms with E-state index in [2.05, 4.69) is 38.9 Å². The van der Waals surface area contributed by atoms with Crippen LogP contribution < -0.4 is 0 Å². The van der Waals surface area contributed by atoms with Gasteiger partial charge in [-0.05, 0) is 18.1 Å². The molecular formula is C10H25BrMgOSi. The molecule has 0 aromatic carbocycles. The van der Waals surface area contributed by atoms with Crippen LogP contribution in [0.5, 0.6) is 0 Å². The van der Waals surface area contributed by atoms with E-state index in [0.29, 0.717) is 5.04 Å². The molecule has 0 rings (SSSR count). The second-order valence-corrected chi connectivity index (χ2v) is 11.8. The van der Waals surface area contributed by atoms with Gasteiger partial charge in [0.15, 0.2) is 8.32 Å². The van der Waals surface area contributed by atoms with Gasteiger partial charge in [0, 0.05) is 6.61 Å². The predicted octanol–water partition coefficient (Wildman–Crippen LogP) is 4.15. The van der Waals surface area contributed by atoms with Gasteiger partial charge >= 0.3 is 20.4 Å². The van der Waals surface area contributed by atoms with Gasteiger partial charge < -0.3 is 4.43 Å². The fourth-order valence-electron chi connectivity index (χ4n) is 0.896. The van der Waals surface area contributed by atoms with E-state index < -0.39 is 8.32 Å². The van der Waals surface area contributed by atoms with Crippen molar-refractivity contribution in [1.82, 2.24) is 0 Å². The molecule has 0 unspecified atom stereocenters. The topological polar surface area (TPSA) is 9.23 Å². The number of hydrogen-bond donors (Lipinski definition) is 0.